The molecule has 8 heteroatoms. The van der Waals surface area contributed by atoms with Gasteiger partial charge in [-0.15, -0.1) is 0 Å². The maximum absolute atomic E-state index is 13.1. The molecule has 1 atom stereocenters. The minimum atomic E-state index is -0.396. The lowest BCUT2D eigenvalue weighted by atomic mass is 9.71. The highest BCUT2D eigenvalue weighted by molar-refractivity contribution is 6.00. The number of carbonyl (C=O) groups excluding carboxylic acids is 1. The number of anilines is 1. The SMILES string of the molecule is O=C(c1cnn2ccccc12)N1CCC2(CC1)CC(O)CN(c1cnccn1)C2. The molecule has 0 bridgehead atoms. The second-order valence-electron chi connectivity index (χ2n) is 8.18. The molecule has 2 saturated heterocycles. The highest BCUT2D eigenvalue weighted by Crippen LogP contribution is 2.41. The quantitative estimate of drug-likeness (QED) is 0.713. The number of nitrogens with zero attached hydrogens (tertiary/aromatic N) is 6. The van der Waals surface area contributed by atoms with E-state index in [2.05, 4.69) is 20.0 Å². The molecule has 0 aliphatic carbocycles. The largest absolute Gasteiger partial charge is 0.391 e. The summed E-state index contributed by atoms with van der Waals surface area (Å²) in [6.07, 6.45) is 10.7. The smallest absolute Gasteiger partial charge is 0.257 e. The predicted molar refractivity (Wildman–Crippen MR) is 108 cm³/mol. The van der Waals surface area contributed by atoms with Gasteiger partial charge in [0.2, 0.25) is 0 Å². The van der Waals surface area contributed by atoms with Crippen LogP contribution in [0.1, 0.15) is 29.6 Å². The van der Waals surface area contributed by atoms with Crippen molar-refractivity contribution in [3.8, 4) is 0 Å². The molecule has 2 aliphatic rings. The van der Waals surface area contributed by atoms with Crippen LogP contribution in [0.25, 0.3) is 5.52 Å². The maximum atomic E-state index is 13.1. The Morgan fingerprint density at radius 1 is 1.17 bits per heavy atom. The Hall–Kier alpha value is -3.00. The van der Waals surface area contributed by atoms with E-state index < -0.39 is 6.10 Å². The first-order valence-electron chi connectivity index (χ1n) is 10.0. The highest BCUT2D eigenvalue weighted by atomic mass is 16.3. The van der Waals surface area contributed by atoms with Gasteiger partial charge in [-0.3, -0.25) is 9.78 Å². The Morgan fingerprint density at radius 3 is 2.83 bits per heavy atom. The van der Waals surface area contributed by atoms with Crippen molar-refractivity contribution >= 4 is 17.2 Å². The third kappa shape index (κ3) is 3.33. The molecule has 1 amide bonds. The summed E-state index contributed by atoms with van der Waals surface area (Å²) in [5, 5.41) is 14.8. The van der Waals surface area contributed by atoms with E-state index >= 15 is 0 Å². The number of aliphatic hydroxyl groups excluding tert-OH is 1. The van der Waals surface area contributed by atoms with E-state index in [1.165, 1.54) is 0 Å². The van der Waals surface area contributed by atoms with Gasteiger partial charge in [-0.25, -0.2) is 9.50 Å². The van der Waals surface area contributed by atoms with Crippen molar-refractivity contribution in [2.45, 2.75) is 25.4 Å². The summed E-state index contributed by atoms with van der Waals surface area (Å²) in [6, 6.07) is 5.74. The number of pyridine rings is 1. The molecular formula is C21H24N6O2. The highest BCUT2D eigenvalue weighted by Gasteiger charge is 2.43. The zero-order valence-electron chi connectivity index (χ0n) is 16.2. The Morgan fingerprint density at radius 2 is 2.03 bits per heavy atom. The van der Waals surface area contributed by atoms with Crippen LogP contribution in [-0.4, -0.2) is 67.8 Å². The Balaban J connectivity index is 1.31. The van der Waals surface area contributed by atoms with Crippen molar-refractivity contribution in [1.82, 2.24) is 24.5 Å². The summed E-state index contributed by atoms with van der Waals surface area (Å²) in [6.45, 7) is 2.78. The molecule has 1 unspecified atom stereocenters. The number of amides is 1. The minimum absolute atomic E-state index is 0.00689. The van der Waals surface area contributed by atoms with Gasteiger partial charge in [0.1, 0.15) is 5.82 Å². The van der Waals surface area contributed by atoms with E-state index in [1.54, 1.807) is 29.3 Å². The van der Waals surface area contributed by atoms with Crippen molar-refractivity contribution in [2.24, 2.45) is 5.41 Å². The lowest BCUT2D eigenvalue weighted by Crippen LogP contribution is -2.54. The van der Waals surface area contributed by atoms with Crippen LogP contribution in [0.2, 0.25) is 0 Å². The number of aromatic nitrogens is 4. The topological polar surface area (TPSA) is 86.9 Å². The summed E-state index contributed by atoms with van der Waals surface area (Å²) in [5.41, 5.74) is 1.47. The van der Waals surface area contributed by atoms with Crippen LogP contribution < -0.4 is 4.90 Å². The van der Waals surface area contributed by atoms with Gasteiger partial charge < -0.3 is 14.9 Å². The number of fused-ring (bicyclic) bond motifs is 1. The fourth-order valence-electron chi connectivity index (χ4n) is 4.80. The normalized spacial score (nSPS) is 21.6. The fourth-order valence-corrected chi connectivity index (χ4v) is 4.80. The molecule has 0 radical (unpaired) electrons. The number of hydrogen-bond donors (Lipinski definition) is 1. The lowest BCUT2D eigenvalue weighted by Gasteiger charge is -2.49. The van der Waals surface area contributed by atoms with Gasteiger partial charge in [0.15, 0.2) is 0 Å². The lowest BCUT2D eigenvalue weighted by molar-refractivity contribution is 0.0247. The fraction of sp³-hybridized carbons (Fsp3) is 0.429. The molecule has 0 saturated carbocycles. The van der Waals surface area contributed by atoms with Crippen LogP contribution in [0.3, 0.4) is 0 Å². The van der Waals surface area contributed by atoms with Gasteiger partial charge in [0.05, 0.1) is 29.6 Å². The average Bonchev–Trinajstić information content (AvgIpc) is 3.18. The molecule has 8 nitrogen and oxygen atoms in total. The molecule has 3 aromatic rings. The monoisotopic (exact) mass is 392 g/mol. The molecule has 1 spiro atoms. The molecule has 2 fully saturated rings. The van der Waals surface area contributed by atoms with Gasteiger partial charge >= 0.3 is 0 Å². The number of rotatable bonds is 2. The Bertz CT molecular complexity index is 1010. The molecule has 5 rings (SSSR count). The van der Waals surface area contributed by atoms with Gasteiger partial charge in [-0.05, 0) is 36.8 Å². The van der Waals surface area contributed by atoms with Crippen LogP contribution in [0, 0.1) is 5.41 Å². The minimum Gasteiger partial charge on any atom is -0.391 e. The van der Waals surface area contributed by atoms with Crippen molar-refractivity contribution < 1.29 is 9.90 Å². The zero-order chi connectivity index (χ0) is 19.8. The predicted octanol–water partition coefficient (Wildman–Crippen LogP) is 1.62. The second-order valence-corrected chi connectivity index (χ2v) is 8.18. The first-order valence-corrected chi connectivity index (χ1v) is 10.0. The van der Waals surface area contributed by atoms with Crippen LogP contribution in [0.15, 0.2) is 49.2 Å². The van der Waals surface area contributed by atoms with E-state index in [-0.39, 0.29) is 11.3 Å². The standard InChI is InChI=1S/C21H24N6O2/c28-16-11-21(15-26(14-16)19-13-22-6-7-23-19)4-9-25(10-5-21)20(29)17-12-24-27-8-2-1-3-18(17)27/h1-3,6-8,12-13,16,28H,4-5,9-11,14-15H2. The molecule has 1 N–H and O–H groups in total. The summed E-state index contributed by atoms with van der Waals surface area (Å²) in [7, 11) is 0. The molecule has 150 valence electrons. The third-order valence-corrected chi connectivity index (χ3v) is 6.27. The number of piperidine rings is 2. The van der Waals surface area contributed by atoms with Crippen molar-refractivity contribution in [3.05, 3.63) is 54.7 Å². The molecule has 3 aromatic heterocycles. The molecular weight excluding hydrogens is 368 g/mol. The Kier molecular flexibility index (Phi) is 4.43. The van der Waals surface area contributed by atoms with Crippen LogP contribution in [0.5, 0.6) is 0 Å². The van der Waals surface area contributed by atoms with E-state index in [4.69, 9.17) is 0 Å². The van der Waals surface area contributed by atoms with Crippen molar-refractivity contribution in [1.29, 1.82) is 0 Å². The summed E-state index contributed by atoms with van der Waals surface area (Å²) < 4.78 is 1.73. The molecule has 29 heavy (non-hydrogen) atoms. The van der Waals surface area contributed by atoms with Crippen LogP contribution in [0.4, 0.5) is 5.82 Å². The number of β-amino-alcohol motifs (C(OH)–C–C–N with tert-alkyl or cyclic N) is 1. The van der Waals surface area contributed by atoms with Gasteiger partial charge in [-0.1, -0.05) is 6.07 Å². The third-order valence-electron chi connectivity index (χ3n) is 6.27. The van der Waals surface area contributed by atoms with Crippen molar-refractivity contribution in [2.75, 3.05) is 31.1 Å². The second kappa shape index (κ2) is 7.11. The number of aliphatic hydroxyl groups is 1. The van der Waals surface area contributed by atoms with Gasteiger partial charge in [0, 0.05) is 44.8 Å². The Labute approximate surface area is 168 Å². The van der Waals surface area contributed by atoms with Crippen molar-refractivity contribution in [3.63, 3.8) is 0 Å². The number of likely N-dealkylation sites (tertiary alicyclic amines) is 1. The summed E-state index contributed by atoms with van der Waals surface area (Å²) in [5.74, 6) is 0.832. The summed E-state index contributed by atoms with van der Waals surface area (Å²) >= 11 is 0. The van der Waals surface area contributed by atoms with Crippen LogP contribution >= 0.6 is 0 Å². The first kappa shape index (κ1) is 18.1. The molecule has 5 heterocycles. The molecule has 0 aromatic carbocycles. The van der Waals surface area contributed by atoms with Gasteiger partial charge in [-0.2, -0.15) is 5.10 Å². The average molecular weight is 392 g/mol. The number of carbonyl (C=O) groups is 1. The zero-order valence-corrected chi connectivity index (χ0v) is 16.2. The molecule has 2 aliphatic heterocycles. The van der Waals surface area contributed by atoms with E-state index in [9.17, 15) is 9.90 Å². The van der Waals surface area contributed by atoms with E-state index in [1.807, 2.05) is 29.3 Å². The van der Waals surface area contributed by atoms with Crippen LogP contribution in [-0.2, 0) is 0 Å². The maximum Gasteiger partial charge on any atom is 0.257 e. The number of hydrogen-bond acceptors (Lipinski definition) is 6. The first-order chi connectivity index (χ1) is 14.1. The van der Waals surface area contributed by atoms with E-state index in [0.717, 1.165) is 37.1 Å². The van der Waals surface area contributed by atoms with Gasteiger partial charge in [0.25, 0.3) is 5.91 Å². The van der Waals surface area contributed by atoms with E-state index in [0.29, 0.717) is 25.2 Å². The summed E-state index contributed by atoms with van der Waals surface area (Å²) in [4.78, 5) is 25.7.